The second kappa shape index (κ2) is 10.0. The predicted molar refractivity (Wildman–Crippen MR) is 164 cm³/mol. The van der Waals surface area contributed by atoms with Gasteiger partial charge >= 0.3 is 5.97 Å². The molecule has 0 N–H and O–H groups in total. The minimum Gasteiger partial charge on any atom is -0.426 e. The second-order valence-corrected chi connectivity index (χ2v) is 12.1. The fourth-order valence-electron chi connectivity index (χ4n) is 7.82. The smallest absolute Gasteiger partial charge is 0.316 e. The van der Waals surface area contributed by atoms with E-state index in [1.165, 1.54) is 10.5 Å². The van der Waals surface area contributed by atoms with Crippen LogP contribution in [0.5, 0.6) is 5.75 Å². The number of ether oxygens (including phenoxy) is 1. The van der Waals surface area contributed by atoms with E-state index in [9.17, 15) is 19.2 Å². The van der Waals surface area contributed by atoms with Gasteiger partial charge in [0.2, 0.25) is 17.7 Å². The minimum absolute atomic E-state index is 0.0825. The first kappa shape index (κ1) is 26.6. The van der Waals surface area contributed by atoms with Crippen LogP contribution < -0.4 is 14.5 Å². The van der Waals surface area contributed by atoms with Gasteiger partial charge < -0.3 is 9.64 Å². The van der Waals surface area contributed by atoms with Gasteiger partial charge in [-0.05, 0) is 70.6 Å². The van der Waals surface area contributed by atoms with Crippen molar-refractivity contribution in [3.63, 3.8) is 0 Å². The molecule has 0 radical (unpaired) electrons. The van der Waals surface area contributed by atoms with Crippen LogP contribution in [0.25, 0.3) is 0 Å². The zero-order valence-electron chi connectivity index (χ0n) is 24.2. The maximum atomic E-state index is 14.0. The summed E-state index contributed by atoms with van der Waals surface area (Å²) in [4.78, 5) is 56.7. The first-order valence-electron chi connectivity index (χ1n) is 15.2. The lowest BCUT2D eigenvalue weighted by atomic mass is 9.55. The summed E-state index contributed by atoms with van der Waals surface area (Å²) >= 11 is 0. The highest BCUT2D eigenvalue weighted by Crippen LogP contribution is 2.61. The van der Waals surface area contributed by atoms with Crippen molar-refractivity contribution in [2.24, 2.45) is 17.8 Å². The summed E-state index contributed by atoms with van der Waals surface area (Å²) in [5.74, 6) is -2.53. The molecule has 9 rings (SSSR count). The Balaban J connectivity index is 1.01. The Morgan fingerprint density at radius 1 is 0.705 bits per heavy atom. The Kier molecular flexibility index (Phi) is 6.05. The van der Waals surface area contributed by atoms with Crippen molar-refractivity contribution in [1.82, 2.24) is 0 Å². The van der Waals surface area contributed by atoms with Crippen molar-refractivity contribution in [3.05, 3.63) is 125 Å². The van der Waals surface area contributed by atoms with Crippen LogP contribution in [0, 0.1) is 17.8 Å². The molecule has 5 aliphatic rings. The zero-order chi connectivity index (χ0) is 30.1. The van der Waals surface area contributed by atoms with E-state index in [1.54, 1.807) is 29.2 Å². The van der Waals surface area contributed by atoms with Crippen molar-refractivity contribution in [1.29, 1.82) is 0 Å². The van der Waals surface area contributed by atoms with E-state index in [0.29, 0.717) is 11.4 Å². The fourth-order valence-corrected chi connectivity index (χ4v) is 7.82. The molecule has 3 atom stereocenters. The summed E-state index contributed by atoms with van der Waals surface area (Å²) in [6.45, 7) is 2.33. The number of aryl methyl sites for hydroxylation is 1. The molecule has 4 aromatic rings. The molecule has 3 aliphatic carbocycles. The molecule has 0 unspecified atom stereocenters. The van der Waals surface area contributed by atoms with E-state index < -0.39 is 23.7 Å². The highest BCUT2D eigenvalue weighted by Gasteiger charge is 2.61. The van der Waals surface area contributed by atoms with Gasteiger partial charge in [-0.1, -0.05) is 67.6 Å². The van der Waals surface area contributed by atoms with E-state index in [0.717, 1.165) is 34.4 Å². The van der Waals surface area contributed by atoms with Crippen molar-refractivity contribution in [3.8, 4) is 5.75 Å². The highest BCUT2D eigenvalue weighted by molar-refractivity contribution is 6.23. The van der Waals surface area contributed by atoms with E-state index in [-0.39, 0.29) is 42.5 Å². The molecule has 2 saturated heterocycles. The van der Waals surface area contributed by atoms with Crippen LogP contribution in [0.4, 0.5) is 11.4 Å². The third-order valence-electron chi connectivity index (χ3n) is 9.88. The first-order chi connectivity index (χ1) is 21.4. The molecule has 218 valence electrons. The molecule has 4 aromatic carbocycles. The lowest BCUT2D eigenvalue weighted by Crippen LogP contribution is -2.41. The summed E-state index contributed by atoms with van der Waals surface area (Å²) in [6.07, 6.45) is 0.992. The Bertz CT molecular complexity index is 1730. The number of hydrogen-bond acceptors (Lipinski definition) is 5. The number of benzene rings is 4. The summed E-state index contributed by atoms with van der Waals surface area (Å²) in [5.41, 5.74) is 6.92. The highest BCUT2D eigenvalue weighted by atomic mass is 16.5. The number of carbonyl (C=O) groups excluding carboxylic acids is 4. The van der Waals surface area contributed by atoms with Gasteiger partial charge in [0.15, 0.2) is 0 Å². The normalized spacial score (nSPS) is 24.8. The fraction of sp³-hybridized carbons (Fsp3) is 0.243. The second-order valence-electron chi connectivity index (χ2n) is 12.1. The number of nitrogens with zero attached hydrogens (tertiary/aromatic N) is 2. The van der Waals surface area contributed by atoms with Crippen LogP contribution in [0.2, 0.25) is 0 Å². The average molecular weight is 583 g/mol. The Hall–Kier alpha value is -5.04. The number of imide groups is 1. The average Bonchev–Trinajstić information content (AvgIpc) is 3.58. The molecule has 2 aliphatic heterocycles. The molecule has 2 heterocycles. The van der Waals surface area contributed by atoms with E-state index in [1.807, 2.05) is 48.5 Å². The molecule has 44 heavy (non-hydrogen) atoms. The maximum absolute atomic E-state index is 14.0. The molecule has 2 fully saturated rings. The van der Waals surface area contributed by atoms with Gasteiger partial charge in [0.25, 0.3) is 0 Å². The van der Waals surface area contributed by atoms with Gasteiger partial charge in [-0.15, -0.1) is 0 Å². The van der Waals surface area contributed by atoms with Crippen LogP contribution in [-0.2, 0) is 25.6 Å². The molecule has 0 aromatic heterocycles. The Morgan fingerprint density at radius 3 is 1.70 bits per heavy atom. The predicted octanol–water partition coefficient (Wildman–Crippen LogP) is 5.60. The Labute approximate surface area is 255 Å². The first-order valence-corrected chi connectivity index (χ1v) is 15.2. The number of anilines is 2. The van der Waals surface area contributed by atoms with Gasteiger partial charge in [0.1, 0.15) is 5.75 Å². The molecular formula is C37H30N2O5. The lowest BCUT2D eigenvalue weighted by Gasteiger charge is -2.45. The van der Waals surface area contributed by atoms with E-state index >= 15 is 0 Å². The molecule has 7 nitrogen and oxygen atoms in total. The number of carbonyl (C=O) groups is 4. The van der Waals surface area contributed by atoms with E-state index in [4.69, 9.17) is 4.74 Å². The topological polar surface area (TPSA) is 84.0 Å². The Morgan fingerprint density at radius 2 is 1.20 bits per heavy atom. The van der Waals surface area contributed by atoms with Gasteiger partial charge in [-0.3, -0.25) is 19.2 Å². The van der Waals surface area contributed by atoms with Crippen LogP contribution >= 0.6 is 0 Å². The van der Waals surface area contributed by atoms with Gasteiger partial charge in [0, 0.05) is 30.5 Å². The summed E-state index contributed by atoms with van der Waals surface area (Å²) in [7, 11) is 0. The SMILES string of the molecule is CCc1ccc(N2C[C@H](C(=O)Oc3ccc(N4C(=O)[C@@H]5C6c7ccccc7C(c7ccccc76)[C@H]5C4=O)cc3)CC2=O)cc1. The number of amides is 3. The standard InChI is InChI=1S/C37H30N2O5/c1-2-21-11-13-23(14-12-21)38-20-22(19-30(38)40)37(43)44-25-17-15-24(16-18-25)39-35(41)33-31-26-7-3-4-8-27(26)32(34(33)36(39)42)29-10-6-5-9-28(29)31/h3-18,22,31-34H,2,19-20H2,1H3/t22-,31?,32?,33-,34-/m1/s1. The zero-order valence-corrected chi connectivity index (χ0v) is 24.2. The maximum Gasteiger partial charge on any atom is 0.316 e. The molecule has 7 heteroatoms. The van der Waals surface area contributed by atoms with Crippen LogP contribution in [0.1, 0.15) is 53.0 Å². The molecule has 0 saturated carbocycles. The monoisotopic (exact) mass is 582 g/mol. The molecule has 3 amide bonds. The van der Waals surface area contributed by atoms with Gasteiger partial charge in [-0.2, -0.15) is 0 Å². The number of esters is 1. The molecule has 0 spiro atoms. The van der Waals surface area contributed by atoms with Crippen molar-refractivity contribution in [2.45, 2.75) is 31.6 Å². The van der Waals surface area contributed by atoms with E-state index in [2.05, 4.69) is 31.2 Å². The third-order valence-corrected chi connectivity index (χ3v) is 9.88. The number of hydrogen-bond donors (Lipinski definition) is 0. The van der Waals surface area contributed by atoms with Crippen LogP contribution in [0.15, 0.2) is 97.1 Å². The van der Waals surface area contributed by atoms with Gasteiger partial charge in [0.05, 0.1) is 23.4 Å². The minimum atomic E-state index is -0.586. The van der Waals surface area contributed by atoms with Crippen molar-refractivity contribution >= 4 is 35.1 Å². The lowest BCUT2D eigenvalue weighted by molar-refractivity contribution is -0.139. The number of rotatable bonds is 5. The van der Waals surface area contributed by atoms with Crippen LogP contribution in [0.3, 0.4) is 0 Å². The van der Waals surface area contributed by atoms with Crippen LogP contribution in [-0.4, -0.2) is 30.2 Å². The summed E-state index contributed by atoms with van der Waals surface area (Å²) in [6, 6.07) is 30.6. The van der Waals surface area contributed by atoms with Crippen molar-refractivity contribution in [2.75, 3.05) is 16.3 Å². The third kappa shape index (κ3) is 3.88. The largest absolute Gasteiger partial charge is 0.426 e. The summed E-state index contributed by atoms with van der Waals surface area (Å²) in [5, 5.41) is 0. The summed E-state index contributed by atoms with van der Waals surface area (Å²) < 4.78 is 5.66. The molecule has 2 bridgehead atoms. The molecular weight excluding hydrogens is 552 g/mol. The van der Waals surface area contributed by atoms with Crippen molar-refractivity contribution < 1.29 is 23.9 Å². The quantitative estimate of drug-likeness (QED) is 0.174. The van der Waals surface area contributed by atoms with Gasteiger partial charge in [-0.25, -0.2) is 4.90 Å².